The molecule has 1 heterocycles. The Balaban J connectivity index is 2.35. The van der Waals surface area contributed by atoms with E-state index < -0.39 is 0 Å². The molecule has 4 nitrogen and oxygen atoms in total. The van der Waals surface area contributed by atoms with Crippen LogP contribution in [0.5, 0.6) is 0 Å². The van der Waals surface area contributed by atoms with Crippen LogP contribution in [0.25, 0.3) is 11.4 Å². The minimum atomic E-state index is -0.275. The quantitative estimate of drug-likeness (QED) is 0.872. The Labute approximate surface area is 117 Å². The molecule has 0 radical (unpaired) electrons. The van der Waals surface area contributed by atoms with E-state index in [1.54, 1.807) is 25.0 Å². The van der Waals surface area contributed by atoms with Crippen LogP contribution in [0.1, 0.15) is 13.0 Å². The van der Waals surface area contributed by atoms with Gasteiger partial charge in [-0.25, -0.2) is 4.98 Å². The highest BCUT2D eigenvalue weighted by Gasteiger charge is 2.17. The molecule has 0 spiro atoms. The molecule has 0 saturated carbocycles. The third-order valence-corrected chi connectivity index (χ3v) is 3.80. The first-order chi connectivity index (χ1) is 9.17. The van der Waals surface area contributed by atoms with E-state index in [-0.39, 0.29) is 11.9 Å². The van der Waals surface area contributed by atoms with Crippen molar-refractivity contribution in [2.45, 2.75) is 17.9 Å². The van der Waals surface area contributed by atoms with Crippen molar-refractivity contribution in [1.82, 2.24) is 14.9 Å². The zero-order chi connectivity index (χ0) is 13.8. The number of amides is 1. The Morgan fingerprint density at radius 3 is 2.63 bits per heavy atom. The molecule has 100 valence electrons. The largest absolute Gasteiger partial charge is 0.357 e. The summed E-state index contributed by atoms with van der Waals surface area (Å²) in [6.07, 6.45) is 5.60. The highest BCUT2D eigenvalue weighted by Crippen LogP contribution is 2.24. The predicted molar refractivity (Wildman–Crippen MR) is 78.2 cm³/mol. The molecule has 1 amide bonds. The zero-order valence-corrected chi connectivity index (χ0v) is 12.1. The molecule has 0 fully saturated rings. The maximum absolute atomic E-state index is 11.7. The third-order valence-electron chi connectivity index (χ3n) is 3.06. The van der Waals surface area contributed by atoms with Gasteiger partial charge in [-0.05, 0) is 25.3 Å². The van der Waals surface area contributed by atoms with Gasteiger partial charge >= 0.3 is 0 Å². The van der Waals surface area contributed by atoms with E-state index in [2.05, 4.69) is 22.4 Å². The average molecular weight is 275 g/mol. The lowest BCUT2D eigenvalue weighted by molar-refractivity contribution is -0.123. The molecule has 0 unspecified atom stereocenters. The summed E-state index contributed by atoms with van der Waals surface area (Å²) in [4.78, 5) is 17.3. The Kier molecular flexibility index (Phi) is 4.27. The van der Waals surface area contributed by atoms with Crippen LogP contribution in [0.15, 0.2) is 41.6 Å². The maximum atomic E-state index is 11.7. The van der Waals surface area contributed by atoms with Crippen LogP contribution in [0.4, 0.5) is 0 Å². The number of thioether (sulfide) groups is 1. The van der Waals surface area contributed by atoms with Crippen LogP contribution in [-0.4, -0.2) is 28.8 Å². The Bertz CT molecular complexity index is 562. The molecule has 1 atom stereocenters. The van der Waals surface area contributed by atoms with Crippen molar-refractivity contribution in [3.63, 3.8) is 0 Å². The maximum Gasteiger partial charge on any atom is 0.242 e. The number of carbonyl (C=O) groups is 1. The number of hydrogen-bond acceptors (Lipinski definition) is 3. The number of benzene rings is 1. The smallest absolute Gasteiger partial charge is 0.242 e. The molecule has 0 saturated heterocycles. The fourth-order valence-corrected chi connectivity index (χ4v) is 2.33. The van der Waals surface area contributed by atoms with Crippen molar-refractivity contribution >= 4 is 17.7 Å². The van der Waals surface area contributed by atoms with Crippen LogP contribution in [-0.2, 0) is 4.79 Å². The van der Waals surface area contributed by atoms with Crippen molar-refractivity contribution in [2.75, 3.05) is 13.3 Å². The Morgan fingerprint density at radius 1 is 1.37 bits per heavy atom. The first-order valence-electron chi connectivity index (χ1n) is 6.06. The summed E-state index contributed by atoms with van der Waals surface area (Å²) in [5.41, 5.74) is 1.01. The van der Waals surface area contributed by atoms with Gasteiger partial charge in [-0.1, -0.05) is 12.1 Å². The summed E-state index contributed by atoms with van der Waals surface area (Å²) in [6, 6.07) is 7.90. The van der Waals surface area contributed by atoms with Crippen molar-refractivity contribution in [3.05, 3.63) is 36.7 Å². The normalized spacial score (nSPS) is 12.2. The van der Waals surface area contributed by atoms with E-state index in [9.17, 15) is 4.79 Å². The van der Waals surface area contributed by atoms with Crippen molar-refractivity contribution in [2.24, 2.45) is 0 Å². The van der Waals surface area contributed by atoms with Gasteiger partial charge in [0.25, 0.3) is 0 Å². The van der Waals surface area contributed by atoms with Gasteiger partial charge in [0, 0.05) is 29.9 Å². The summed E-state index contributed by atoms with van der Waals surface area (Å²) in [5, 5.41) is 2.66. The molecular weight excluding hydrogens is 258 g/mol. The van der Waals surface area contributed by atoms with E-state index in [1.165, 1.54) is 4.90 Å². The fourth-order valence-electron chi connectivity index (χ4n) is 1.92. The molecule has 2 rings (SSSR count). The fraction of sp³-hybridized carbons (Fsp3) is 0.286. The Hall–Kier alpha value is -1.75. The lowest BCUT2D eigenvalue weighted by Gasteiger charge is -2.15. The molecule has 19 heavy (non-hydrogen) atoms. The molecule has 5 heteroatoms. The number of nitrogens with zero attached hydrogens (tertiary/aromatic N) is 2. The monoisotopic (exact) mass is 275 g/mol. The van der Waals surface area contributed by atoms with E-state index in [0.717, 1.165) is 11.4 Å². The molecule has 2 aromatic rings. The molecule has 1 aromatic carbocycles. The molecule has 0 aliphatic rings. The minimum absolute atomic E-state index is 0.0278. The van der Waals surface area contributed by atoms with Gasteiger partial charge in [0.2, 0.25) is 5.91 Å². The lowest BCUT2D eigenvalue weighted by atomic mass is 10.2. The first-order valence-corrected chi connectivity index (χ1v) is 7.28. The van der Waals surface area contributed by atoms with Gasteiger partial charge in [0.1, 0.15) is 11.9 Å². The number of aromatic nitrogens is 2. The van der Waals surface area contributed by atoms with E-state index in [4.69, 9.17) is 0 Å². The van der Waals surface area contributed by atoms with E-state index in [0.29, 0.717) is 0 Å². The molecular formula is C14H17N3OS. The lowest BCUT2D eigenvalue weighted by Crippen LogP contribution is -2.27. The SMILES string of the molecule is CNC(=O)[C@H](C)n1ccnc1-c1ccc(SC)cc1. The molecule has 1 N–H and O–H groups in total. The standard InChI is InChI=1S/C14H17N3OS/c1-10(14(18)15-2)17-9-8-16-13(17)11-4-6-12(19-3)7-5-11/h4-10H,1-3H3,(H,15,18)/t10-/m0/s1. The second-order valence-electron chi connectivity index (χ2n) is 4.18. The second-order valence-corrected chi connectivity index (χ2v) is 5.06. The molecule has 1 aromatic heterocycles. The van der Waals surface area contributed by atoms with Gasteiger partial charge in [-0.2, -0.15) is 0 Å². The highest BCUT2D eigenvalue weighted by atomic mass is 32.2. The number of nitrogens with one attached hydrogen (secondary N) is 1. The van der Waals surface area contributed by atoms with Crippen molar-refractivity contribution in [1.29, 1.82) is 0 Å². The zero-order valence-electron chi connectivity index (χ0n) is 11.3. The third kappa shape index (κ3) is 2.81. The number of imidazole rings is 1. The van der Waals surface area contributed by atoms with Gasteiger partial charge in [0.05, 0.1) is 0 Å². The summed E-state index contributed by atoms with van der Waals surface area (Å²) in [5.74, 6) is 0.781. The van der Waals surface area contributed by atoms with Crippen LogP contribution >= 0.6 is 11.8 Å². The number of hydrogen-bond donors (Lipinski definition) is 1. The van der Waals surface area contributed by atoms with Crippen LogP contribution < -0.4 is 5.32 Å². The van der Waals surface area contributed by atoms with Gasteiger partial charge in [0.15, 0.2) is 0 Å². The van der Waals surface area contributed by atoms with Crippen LogP contribution in [0.3, 0.4) is 0 Å². The minimum Gasteiger partial charge on any atom is -0.357 e. The van der Waals surface area contributed by atoms with E-state index >= 15 is 0 Å². The topological polar surface area (TPSA) is 46.9 Å². The molecule has 0 aliphatic carbocycles. The van der Waals surface area contributed by atoms with Crippen molar-refractivity contribution in [3.8, 4) is 11.4 Å². The Morgan fingerprint density at radius 2 is 2.05 bits per heavy atom. The van der Waals surface area contributed by atoms with Crippen LogP contribution in [0, 0.1) is 0 Å². The van der Waals surface area contributed by atoms with Gasteiger partial charge in [-0.3, -0.25) is 4.79 Å². The summed E-state index contributed by atoms with van der Waals surface area (Å²) >= 11 is 1.70. The molecule has 0 aliphatic heterocycles. The summed E-state index contributed by atoms with van der Waals surface area (Å²) in [6.45, 7) is 1.86. The summed E-state index contributed by atoms with van der Waals surface area (Å²) in [7, 11) is 1.64. The number of rotatable bonds is 4. The van der Waals surface area contributed by atoms with Crippen molar-refractivity contribution < 1.29 is 4.79 Å². The molecule has 0 bridgehead atoms. The second kappa shape index (κ2) is 5.93. The van der Waals surface area contributed by atoms with Gasteiger partial charge in [-0.15, -0.1) is 11.8 Å². The van der Waals surface area contributed by atoms with E-state index in [1.807, 2.05) is 36.1 Å². The first kappa shape index (κ1) is 13.7. The highest BCUT2D eigenvalue weighted by molar-refractivity contribution is 7.98. The van der Waals surface area contributed by atoms with Gasteiger partial charge < -0.3 is 9.88 Å². The average Bonchev–Trinajstić information content (AvgIpc) is 2.95. The van der Waals surface area contributed by atoms with Crippen LogP contribution in [0.2, 0.25) is 0 Å². The summed E-state index contributed by atoms with van der Waals surface area (Å²) < 4.78 is 1.88. The number of likely N-dealkylation sites (N-methyl/N-ethyl adjacent to an activating group) is 1. The number of carbonyl (C=O) groups excluding carboxylic acids is 1. The predicted octanol–water partition coefficient (Wildman–Crippen LogP) is 2.58.